The van der Waals surface area contributed by atoms with Crippen LogP contribution in [0.4, 0.5) is 0 Å². The Labute approximate surface area is 148 Å². The van der Waals surface area contributed by atoms with Crippen molar-refractivity contribution in [2.75, 3.05) is 6.61 Å². The number of rotatable bonds is 7. The minimum Gasteiger partial charge on any atom is -0.494 e. The second-order valence-electron chi connectivity index (χ2n) is 5.48. The van der Waals surface area contributed by atoms with Gasteiger partial charge in [-0.1, -0.05) is 49.7 Å². The van der Waals surface area contributed by atoms with Gasteiger partial charge in [-0.2, -0.15) is 5.10 Å². The van der Waals surface area contributed by atoms with Crippen molar-refractivity contribution in [2.45, 2.75) is 26.7 Å². The molecule has 5 heteroatoms. The van der Waals surface area contributed by atoms with Gasteiger partial charge in [0.1, 0.15) is 5.75 Å². The summed E-state index contributed by atoms with van der Waals surface area (Å²) in [5.41, 5.74) is 12.1. The van der Waals surface area contributed by atoms with Gasteiger partial charge in [0.15, 0.2) is 5.11 Å². The predicted molar refractivity (Wildman–Crippen MR) is 104 cm³/mol. The maximum absolute atomic E-state index is 5.69. The fourth-order valence-electron chi connectivity index (χ4n) is 2.19. The number of nitrogens with zero attached hydrogens (tertiary/aromatic N) is 1. The Kier molecular flexibility index (Phi) is 6.75. The molecule has 0 amide bonds. The van der Waals surface area contributed by atoms with E-state index < -0.39 is 0 Å². The Bertz CT molecular complexity index is 694. The van der Waals surface area contributed by atoms with E-state index >= 15 is 0 Å². The third-order valence-corrected chi connectivity index (χ3v) is 3.68. The molecular weight excluding hydrogens is 318 g/mol. The Hall–Kier alpha value is -2.40. The number of benzene rings is 2. The molecule has 2 aromatic carbocycles. The summed E-state index contributed by atoms with van der Waals surface area (Å²) < 4.78 is 5.69. The molecule has 0 radical (unpaired) electrons. The molecule has 0 spiro atoms. The van der Waals surface area contributed by atoms with Gasteiger partial charge in [0.2, 0.25) is 0 Å². The first kappa shape index (κ1) is 17.9. The van der Waals surface area contributed by atoms with E-state index in [4.69, 9.17) is 22.7 Å². The quantitative estimate of drug-likeness (QED) is 0.345. The lowest BCUT2D eigenvalue weighted by atomic mass is 10.0. The van der Waals surface area contributed by atoms with Crippen LogP contribution >= 0.6 is 12.2 Å². The lowest BCUT2D eigenvalue weighted by molar-refractivity contribution is 0.309. The Morgan fingerprint density at radius 1 is 1.08 bits per heavy atom. The van der Waals surface area contributed by atoms with Crippen LogP contribution in [0.25, 0.3) is 11.1 Å². The highest BCUT2D eigenvalue weighted by atomic mass is 32.1. The maximum Gasteiger partial charge on any atom is 0.184 e. The Morgan fingerprint density at radius 2 is 1.67 bits per heavy atom. The van der Waals surface area contributed by atoms with E-state index in [2.05, 4.69) is 41.7 Å². The predicted octanol–water partition coefficient (Wildman–Crippen LogP) is 4.09. The SMILES string of the molecule is CCCCOc1ccc(-c2ccc(/C(C)=N/NC(N)=S)cc2)cc1. The van der Waals surface area contributed by atoms with Gasteiger partial charge in [-0.15, -0.1) is 0 Å². The summed E-state index contributed by atoms with van der Waals surface area (Å²) in [7, 11) is 0. The van der Waals surface area contributed by atoms with E-state index in [0.717, 1.165) is 47.6 Å². The lowest BCUT2D eigenvalue weighted by Gasteiger charge is -2.08. The van der Waals surface area contributed by atoms with E-state index in [1.807, 2.05) is 31.2 Å². The van der Waals surface area contributed by atoms with Crippen molar-refractivity contribution in [3.63, 3.8) is 0 Å². The van der Waals surface area contributed by atoms with Gasteiger partial charge in [-0.25, -0.2) is 0 Å². The first-order valence-corrected chi connectivity index (χ1v) is 8.44. The van der Waals surface area contributed by atoms with Gasteiger partial charge >= 0.3 is 0 Å². The summed E-state index contributed by atoms with van der Waals surface area (Å²) in [5, 5.41) is 4.29. The normalized spacial score (nSPS) is 11.2. The Morgan fingerprint density at radius 3 is 2.21 bits per heavy atom. The monoisotopic (exact) mass is 341 g/mol. The standard InChI is InChI=1S/C19H23N3OS/c1-3-4-13-23-18-11-9-17(10-12-18)16-7-5-15(6-8-16)14(2)21-22-19(20)24/h5-12H,3-4,13H2,1-2H3,(H3,20,22,24)/b21-14+. The highest BCUT2D eigenvalue weighted by Crippen LogP contribution is 2.23. The van der Waals surface area contributed by atoms with Crippen LogP contribution in [0.1, 0.15) is 32.3 Å². The number of nitrogens with one attached hydrogen (secondary N) is 1. The summed E-state index contributed by atoms with van der Waals surface area (Å²) in [6.45, 7) is 4.83. The zero-order valence-electron chi connectivity index (χ0n) is 14.1. The van der Waals surface area contributed by atoms with Crippen LogP contribution in [0.2, 0.25) is 0 Å². The number of nitrogens with two attached hydrogens (primary N) is 1. The van der Waals surface area contributed by atoms with Gasteiger partial charge < -0.3 is 10.5 Å². The number of unbranched alkanes of at least 4 members (excludes halogenated alkanes) is 1. The molecule has 2 aromatic rings. The first-order chi connectivity index (χ1) is 11.6. The average molecular weight is 341 g/mol. The minimum atomic E-state index is 0.159. The van der Waals surface area contributed by atoms with Crippen LogP contribution < -0.4 is 15.9 Å². The third kappa shape index (κ3) is 5.35. The fourth-order valence-corrected chi connectivity index (χ4v) is 2.23. The molecule has 0 bridgehead atoms. The second kappa shape index (κ2) is 9.03. The summed E-state index contributed by atoms with van der Waals surface area (Å²) in [4.78, 5) is 0. The third-order valence-electron chi connectivity index (χ3n) is 3.59. The molecule has 0 aromatic heterocycles. The van der Waals surface area contributed by atoms with Crippen molar-refractivity contribution in [1.82, 2.24) is 5.43 Å². The Balaban J connectivity index is 2.05. The van der Waals surface area contributed by atoms with Crippen molar-refractivity contribution in [2.24, 2.45) is 10.8 Å². The molecule has 0 fully saturated rings. The topological polar surface area (TPSA) is 59.6 Å². The van der Waals surface area contributed by atoms with Crippen LogP contribution in [0.5, 0.6) is 5.75 Å². The molecule has 0 unspecified atom stereocenters. The number of hydrogen-bond donors (Lipinski definition) is 2. The van der Waals surface area contributed by atoms with Crippen molar-refractivity contribution in [3.05, 3.63) is 54.1 Å². The molecule has 3 N–H and O–H groups in total. The summed E-state index contributed by atoms with van der Waals surface area (Å²) in [6, 6.07) is 16.4. The molecule has 0 aliphatic carbocycles. The van der Waals surface area contributed by atoms with Gasteiger partial charge in [-0.05, 0) is 54.4 Å². The molecular formula is C19H23N3OS. The van der Waals surface area contributed by atoms with Crippen LogP contribution in [-0.2, 0) is 0 Å². The molecule has 0 saturated carbocycles. The van der Waals surface area contributed by atoms with Crippen molar-refractivity contribution < 1.29 is 4.74 Å². The highest BCUT2D eigenvalue weighted by Gasteiger charge is 2.02. The minimum absolute atomic E-state index is 0.159. The lowest BCUT2D eigenvalue weighted by Crippen LogP contribution is -2.25. The largest absolute Gasteiger partial charge is 0.494 e. The molecule has 0 heterocycles. The van der Waals surface area contributed by atoms with Gasteiger partial charge in [0.05, 0.1) is 12.3 Å². The van der Waals surface area contributed by atoms with Crippen molar-refractivity contribution in [1.29, 1.82) is 0 Å². The van der Waals surface area contributed by atoms with Crippen LogP contribution in [-0.4, -0.2) is 17.4 Å². The number of ether oxygens (including phenoxy) is 1. The molecule has 0 aliphatic heterocycles. The molecule has 0 aliphatic rings. The van der Waals surface area contributed by atoms with E-state index in [1.165, 1.54) is 0 Å². The smallest absolute Gasteiger partial charge is 0.184 e. The zero-order chi connectivity index (χ0) is 17.4. The fraction of sp³-hybridized carbons (Fsp3) is 0.263. The molecule has 126 valence electrons. The van der Waals surface area contributed by atoms with Crippen molar-refractivity contribution in [3.8, 4) is 16.9 Å². The van der Waals surface area contributed by atoms with Gasteiger partial charge in [-0.3, -0.25) is 5.43 Å². The van der Waals surface area contributed by atoms with Gasteiger partial charge in [0, 0.05) is 0 Å². The molecule has 0 atom stereocenters. The second-order valence-corrected chi connectivity index (χ2v) is 5.92. The molecule has 24 heavy (non-hydrogen) atoms. The molecule has 2 rings (SSSR count). The highest BCUT2D eigenvalue weighted by molar-refractivity contribution is 7.80. The molecule has 0 saturated heterocycles. The number of hydrazone groups is 1. The van der Waals surface area contributed by atoms with Gasteiger partial charge in [0.25, 0.3) is 0 Å². The first-order valence-electron chi connectivity index (χ1n) is 8.03. The average Bonchev–Trinajstić information content (AvgIpc) is 2.60. The van der Waals surface area contributed by atoms with Crippen LogP contribution in [0.15, 0.2) is 53.6 Å². The van der Waals surface area contributed by atoms with E-state index in [1.54, 1.807) is 0 Å². The number of hydrogen-bond acceptors (Lipinski definition) is 3. The van der Waals surface area contributed by atoms with E-state index in [9.17, 15) is 0 Å². The summed E-state index contributed by atoms with van der Waals surface area (Å²) in [6.07, 6.45) is 2.22. The zero-order valence-corrected chi connectivity index (χ0v) is 14.9. The summed E-state index contributed by atoms with van der Waals surface area (Å²) in [5.74, 6) is 0.913. The number of thiocarbonyl (C=S) groups is 1. The maximum atomic E-state index is 5.69. The van der Waals surface area contributed by atoms with Crippen molar-refractivity contribution >= 4 is 23.0 Å². The van der Waals surface area contributed by atoms with Crippen LogP contribution in [0.3, 0.4) is 0 Å². The summed E-state index contributed by atoms with van der Waals surface area (Å²) >= 11 is 4.74. The van der Waals surface area contributed by atoms with E-state index in [0.29, 0.717) is 0 Å². The molecule has 4 nitrogen and oxygen atoms in total. The van der Waals surface area contributed by atoms with E-state index in [-0.39, 0.29) is 5.11 Å². The van der Waals surface area contributed by atoms with Crippen LogP contribution in [0, 0.1) is 0 Å².